The molecule has 98 valence electrons. The molecule has 0 saturated carbocycles. The molecule has 0 fully saturated rings. The Hall–Kier alpha value is -0.940. The van der Waals surface area contributed by atoms with Crippen molar-refractivity contribution < 1.29 is 9.63 Å². The first-order valence-electron chi connectivity index (χ1n) is 6.13. The number of hydrogen-bond donors (Lipinski definition) is 1. The minimum atomic E-state index is -0.279. The van der Waals surface area contributed by atoms with Gasteiger partial charge in [0.25, 0.3) is 0 Å². The van der Waals surface area contributed by atoms with Gasteiger partial charge in [-0.05, 0) is 27.3 Å². The summed E-state index contributed by atoms with van der Waals surface area (Å²) < 4.78 is 5.25. The van der Waals surface area contributed by atoms with Gasteiger partial charge in [0.1, 0.15) is 0 Å². The molecular formula is C12H23N3O2. The predicted octanol–water partition coefficient (Wildman–Crippen LogP) is 1.96. The van der Waals surface area contributed by atoms with E-state index < -0.39 is 0 Å². The Morgan fingerprint density at radius 3 is 2.41 bits per heavy atom. The zero-order chi connectivity index (χ0) is 13.0. The summed E-state index contributed by atoms with van der Waals surface area (Å²) in [4.78, 5) is 6.48. The van der Waals surface area contributed by atoms with E-state index in [2.05, 4.69) is 15.0 Å². The Morgan fingerprint density at radius 2 is 1.94 bits per heavy atom. The van der Waals surface area contributed by atoms with E-state index in [0.717, 1.165) is 18.8 Å². The molecule has 1 heterocycles. The van der Waals surface area contributed by atoms with Crippen molar-refractivity contribution in [2.45, 2.75) is 52.2 Å². The molecule has 2 atom stereocenters. The molecule has 1 N–H and O–H groups in total. The lowest BCUT2D eigenvalue weighted by atomic mass is 10.2. The fourth-order valence-corrected chi connectivity index (χ4v) is 1.42. The van der Waals surface area contributed by atoms with Crippen molar-refractivity contribution in [3.8, 4) is 0 Å². The average Bonchev–Trinajstić information content (AvgIpc) is 2.73. The van der Waals surface area contributed by atoms with Crippen molar-refractivity contribution in [3.05, 3.63) is 11.7 Å². The third-order valence-corrected chi connectivity index (χ3v) is 2.89. The highest BCUT2D eigenvalue weighted by molar-refractivity contribution is 4.95. The fraction of sp³-hybridized carbons (Fsp3) is 0.833. The zero-order valence-electron chi connectivity index (χ0n) is 11.3. The highest BCUT2D eigenvalue weighted by Crippen LogP contribution is 2.19. The van der Waals surface area contributed by atoms with Crippen molar-refractivity contribution in [3.63, 3.8) is 0 Å². The van der Waals surface area contributed by atoms with E-state index in [1.807, 2.05) is 27.8 Å². The lowest BCUT2D eigenvalue weighted by Gasteiger charge is -2.21. The summed E-state index contributed by atoms with van der Waals surface area (Å²) in [7, 11) is 1.99. The SMILES string of the molecule is CC(O)CCN(C)C(C)c1nc(C(C)C)no1. The van der Waals surface area contributed by atoms with Gasteiger partial charge in [0.05, 0.1) is 12.1 Å². The van der Waals surface area contributed by atoms with Crippen molar-refractivity contribution in [1.82, 2.24) is 15.0 Å². The second kappa shape index (κ2) is 6.12. The third kappa shape index (κ3) is 4.09. The molecule has 1 aromatic heterocycles. The van der Waals surface area contributed by atoms with Crippen LogP contribution in [0, 0.1) is 0 Å². The second-order valence-electron chi connectivity index (χ2n) is 4.94. The van der Waals surface area contributed by atoms with Gasteiger partial charge in [-0.25, -0.2) is 0 Å². The molecule has 5 nitrogen and oxygen atoms in total. The molecule has 0 aliphatic carbocycles. The van der Waals surface area contributed by atoms with E-state index in [1.54, 1.807) is 6.92 Å². The molecular weight excluding hydrogens is 218 g/mol. The number of nitrogens with zero attached hydrogens (tertiary/aromatic N) is 3. The summed E-state index contributed by atoms with van der Waals surface area (Å²) in [6, 6.07) is 0.0775. The van der Waals surface area contributed by atoms with Gasteiger partial charge < -0.3 is 9.63 Å². The van der Waals surface area contributed by atoms with Crippen LogP contribution < -0.4 is 0 Å². The number of hydrogen-bond acceptors (Lipinski definition) is 5. The Labute approximate surface area is 103 Å². The van der Waals surface area contributed by atoms with Crippen LogP contribution in [0.5, 0.6) is 0 Å². The molecule has 0 bridgehead atoms. The van der Waals surface area contributed by atoms with E-state index in [4.69, 9.17) is 4.52 Å². The first-order valence-corrected chi connectivity index (χ1v) is 6.13. The summed E-state index contributed by atoms with van der Waals surface area (Å²) >= 11 is 0. The Balaban J connectivity index is 2.58. The molecule has 2 unspecified atom stereocenters. The molecule has 0 amide bonds. The lowest BCUT2D eigenvalue weighted by molar-refractivity contribution is 0.143. The molecule has 0 aliphatic heterocycles. The summed E-state index contributed by atoms with van der Waals surface area (Å²) in [5, 5.41) is 13.2. The van der Waals surface area contributed by atoms with Gasteiger partial charge in [0.2, 0.25) is 5.89 Å². The largest absolute Gasteiger partial charge is 0.393 e. The van der Waals surface area contributed by atoms with Crippen molar-refractivity contribution in [2.24, 2.45) is 0 Å². The maximum Gasteiger partial charge on any atom is 0.243 e. The van der Waals surface area contributed by atoms with Crippen LogP contribution in [0.1, 0.15) is 57.8 Å². The van der Waals surface area contributed by atoms with Crippen LogP contribution in [0.2, 0.25) is 0 Å². The maximum absolute atomic E-state index is 9.25. The minimum absolute atomic E-state index is 0.0775. The van der Waals surface area contributed by atoms with E-state index in [0.29, 0.717) is 5.89 Å². The Morgan fingerprint density at radius 1 is 1.29 bits per heavy atom. The number of aliphatic hydroxyl groups is 1. The number of rotatable bonds is 6. The molecule has 1 aromatic rings. The first-order chi connectivity index (χ1) is 7.91. The van der Waals surface area contributed by atoms with Gasteiger partial charge in [0, 0.05) is 12.5 Å². The summed E-state index contributed by atoms with van der Waals surface area (Å²) in [5.41, 5.74) is 0. The van der Waals surface area contributed by atoms with Gasteiger partial charge in [-0.3, -0.25) is 4.90 Å². The van der Waals surface area contributed by atoms with Gasteiger partial charge in [-0.15, -0.1) is 0 Å². The lowest BCUT2D eigenvalue weighted by Crippen LogP contribution is -2.26. The zero-order valence-corrected chi connectivity index (χ0v) is 11.3. The highest BCUT2D eigenvalue weighted by Gasteiger charge is 2.19. The van der Waals surface area contributed by atoms with Crippen LogP contribution in [0.4, 0.5) is 0 Å². The standard InChI is InChI=1S/C12H23N3O2/c1-8(2)11-13-12(17-14-11)10(4)15(5)7-6-9(3)16/h8-10,16H,6-7H2,1-5H3. The quantitative estimate of drug-likeness (QED) is 0.825. The number of aliphatic hydroxyl groups excluding tert-OH is 1. The molecule has 0 spiro atoms. The van der Waals surface area contributed by atoms with E-state index >= 15 is 0 Å². The van der Waals surface area contributed by atoms with Gasteiger partial charge in [-0.2, -0.15) is 4.98 Å². The molecule has 1 rings (SSSR count). The van der Waals surface area contributed by atoms with E-state index in [-0.39, 0.29) is 18.1 Å². The van der Waals surface area contributed by atoms with Crippen molar-refractivity contribution >= 4 is 0 Å². The van der Waals surface area contributed by atoms with Crippen molar-refractivity contribution in [1.29, 1.82) is 0 Å². The van der Waals surface area contributed by atoms with Crippen LogP contribution in [-0.2, 0) is 0 Å². The van der Waals surface area contributed by atoms with Crippen LogP contribution in [0.3, 0.4) is 0 Å². The second-order valence-corrected chi connectivity index (χ2v) is 4.94. The van der Waals surface area contributed by atoms with E-state index in [9.17, 15) is 5.11 Å². The number of aromatic nitrogens is 2. The van der Waals surface area contributed by atoms with Crippen LogP contribution in [0.25, 0.3) is 0 Å². The van der Waals surface area contributed by atoms with Crippen LogP contribution in [0.15, 0.2) is 4.52 Å². The summed E-state index contributed by atoms with van der Waals surface area (Å²) in [5.74, 6) is 1.67. The van der Waals surface area contributed by atoms with Crippen molar-refractivity contribution in [2.75, 3.05) is 13.6 Å². The fourth-order valence-electron chi connectivity index (χ4n) is 1.42. The maximum atomic E-state index is 9.25. The smallest absolute Gasteiger partial charge is 0.243 e. The summed E-state index contributed by atoms with van der Waals surface area (Å²) in [6.07, 6.45) is 0.463. The Kier molecular flexibility index (Phi) is 5.08. The van der Waals surface area contributed by atoms with Crippen LogP contribution >= 0.6 is 0 Å². The van der Waals surface area contributed by atoms with Gasteiger partial charge >= 0.3 is 0 Å². The predicted molar refractivity (Wildman–Crippen MR) is 65.7 cm³/mol. The molecule has 0 radical (unpaired) electrons. The topological polar surface area (TPSA) is 62.4 Å². The van der Waals surface area contributed by atoms with Gasteiger partial charge in [-0.1, -0.05) is 19.0 Å². The molecule has 5 heteroatoms. The van der Waals surface area contributed by atoms with Gasteiger partial charge in [0.15, 0.2) is 5.82 Å². The first kappa shape index (κ1) is 14.1. The normalized spacial score (nSPS) is 15.5. The average molecular weight is 241 g/mol. The molecule has 0 aliphatic rings. The molecule has 0 aromatic carbocycles. The third-order valence-electron chi connectivity index (χ3n) is 2.89. The Bertz CT molecular complexity index is 336. The summed E-state index contributed by atoms with van der Waals surface area (Å²) in [6.45, 7) is 8.70. The molecule has 17 heavy (non-hydrogen) atoms. The molecule has 0 saturated heterocycles. The van der Waals surface area contributed by atoms with E-state index in [1.165, 1.54) is 0 Å². The highest BCUT2D eigenvalue weighted by atomic mass is 16.5. The minimum Gasteiger partial charge on any atom is -0.393 e. The van der Waals surface area contributed by atoms with Crippen LogP contribution in [-0.4, -0.2) is 39.8 Å². The monoisotopic (exact) mass is 241 g/mol.